The number of anilines is 1. The third-order valence-electron chi connectivity index (χ3n) is 5.45. The number of hydrogen-bond donors (Lipinski definition) is 0. The van der Waals surface area contributed by atoms with E-state index in [-0.39, 0.29) is 0 Å². The van der Waals surface area contributed by atoms with Gasteiger partial charge in [-0.3, -0.25) is 0 Å². The molecule has 2 aromatic carbocycles. The van der Waals surface area contributed by atoms with E-state index in [1.54, 1.807) is 28.9 Å². The highest BCUT2D eigenvalue weighted by atomic mass is 79.9. The number of halogens is 1. The molecule has 0 unspecified atom stereocenters. The quantitative estimate of drug-likeness (QED) is 0.404. The summed E-state index contributed by atoms with van der Waals surface area (Å²) >= 11 is 3.34. The number of benzene rings is 2. The molecule has 0 amide bonds. The fraction of sp³-hybridized carbons (Fsp3) is 0.238. The average Bonchev–Trinajstić information content (AvgIpc) is 3.23. The van der Waals surface area contributed by atoms with Crippen LogP contribution in [-0.4, -0.2) is 63.9 Å². The molecule has 164 valence electrons. The zero-order valence-electron chi connectivity index (χ0n) is 17.0. The molecule has 1 saturated heterocycles. The van der Waals surface area contributed by atoms with Gasteiger partial charge in [0.05, 0.1) is 11.4 Å². The molecule has 5 rings (SSSR count). The van der Waals surface area contributed by atoms with Crippen LogP contribution < -0.4 is 4.90 Å². The smallest absolute Gasteiger partial charge is 0.243 e. The second kappa shape index (κ2) is 8.57. The summed E-state index contributed by atoms with van der Waals surface area (Å²) in [4.78, 5) is 11.2. The van der Waals surface area contributed by atoms with Crippen LogP contribution in [0.3, 0.4) is 0 Å². The van der Waals surface area contributed by atoms with Crippen LogP contribution in [0.15, 0.2) is 70.3 Å². The SMILES string of the molecule is O=S(=O)(c1ccc(Br)cc1)N1CCN(c2ncnc3c2nnn3Cc2ccccc2)CC1. The third kappa shape index (κ3) is 3.98. The molecule has 1 aliphatic rings. The molecule has 0 spiro atoms. The summed E-state index contributed by atoms with van der Waals surface area (Å²) in [6.45, 7) is 2.30. The molecule has 4 aromatic rings. The predicted molar refractivity (Wildman–Crippen MR) is 124 cm³/mol. The van der Waals surface area contributed by atoms with E-state index in [9.17, 15) is 8.42 Å². The number of piperazine rings is 1. The second-order valence-corrected chi connectivity index (χ2v) is 10.3. The molecule has 0 radical (unpaired) electrons. The van der Waals surface area contributed by atoms with Crippen molar-refractivity contribution in [3.05, 3.63) is 71.0 Å². The van der Waals surface area contributed by atoms with Crippen molar-refractivity contribution in [2.45, 2.75) is 11.4 Å². The molecule has 0 N–H and O–H groups in total. The standard InChI is InChI=1S/C21H20BrN7O2S/c22-17-6-8-18(9-7-17)32(30,31)28-12-10-27(11-13-28)20-19-21(24-15-23-20)29(26-25-19)14-16-4-2-1-3-5-16/h1-9,15H,10-14H2. The molecule has 0 atom stereocenters. The maximum Gasteiger partial charge on any atom is 0.243 e. The van der Waals surface area contributed by atoms with E-state index < -0.39 is 10.0 Å². The summed E-state index contributed by atoms with van der Waals surface area (Å²) in [5, 5.41) is 8.60. The van der Waals surface area contributed by atoms with Gasteiger partial charge in [0, 0.05) is 30.7 Å². The summed E-state index contributed by atoms with van der Waals surface area (Å²) in [6.07, 6.45) is 1.51. The molecule has 32 heavy (non-hydrogen) atoms. The first-order valence-electron chi connectivity index (χ1n) is 10.1. The maximum absolute atomic E-state index is 13.0. The minimum atomic E-state index is -3.54. The van der Waals surface area contributed by atoms with E-state index in [4.69, 9.17) is 0 Å². The Balaban J connectivity index is 1.34. The van der Waals surface area contributed by atoms with Gasteiger partial charge >= 0.3 is 0 Å². The van der Waals surface area contributed by atoms with Gasteiger partial charge in [0.25, 0.3) is 0 Å². The van der Waals surface area contributed by atoms with Crippen LogP contribution in [0.1, 0.15) is 5.56 Å². The molecule has 0 saturated carbocycles. The number of sulfonamides is 1. The van der Waals surface area contributed by atoms with Crippen molar-refractivity contribution < 1.29 is 8.42 Å². The summed E-state index contributed by atoms with van der Waals surface area (Å²) in [5.41, 5.74) is 2.38. The Morgan fingerprint density at radius 1 is 0.906 bits per heavy atom. The van der Waals surface area contributed by atoms with Gasteiger partial charge in [-0.1, -0.05) is 51.5 Å². The Bertz CT molecular complexity index is 1340. The molecule has 11 heteroatoms. The van der Waals surface area contributed by atoms with Crippen molar-refractivity contribution in [3.63, 3.8) is 0 Å². The van der Waals surface area contributed by atoms with Crippen LogP contribution in [0.4, 0.5) is 5.82 Å². The Labute approximate surface area is 193 Å². The Morgan fingerprint density at radius 2 is 1.62 bits per heavy atom. The van der Waals surface area contributed by atoms with Gasteiger partial charge in [-0.25, -0.2) is 23.1 Å². The van der Waals surface area contributed by atoms with Crippen LogP contribution in [0.25, 0.3) is 11.2 Å². The van der Waals surface area contributed by atoms with E-state index >= 15 is 0 Å². The summed E-state index contributed by atoms with van der Waals surface area (Å²) in [6, 6.07) is 16.7. The number of rotatable bonds is 5. The molecule has 9 nitrogen and oxygen atoms in total. The van der Waals surface area contributed by atoms with E-state index in [0.717, 1.165) is 10.0 Å². The van der Waals surface area contributed by atoms with Gasteiger partial charge in [0.15, 0.2) is 17.0 Å². The van der Waals surface area contributed by atoms with Crippen molar-refractivity contribution in [2.75, 3.05) is 31.1 Å². The zero-order chi connectivity index (χ0) is 22.1. The minimum Gasteiger partial charge on any atom is -0.352 e. The fourth-order valence-corrected chi connectivity index (χ4v) is 5.46. The third-order valence-corrected chi connectivity index (χ3v) is 7.89. The van der Waals surface area contributed by atoms with E-state index in [1.807, 2.05) is 35.2 Å². The summed E-state index contributed by atoms with van der Waals surface area (Å²) in [5.74, 6) is 0.676. The van der Waals surface area contributed by atoms with Gasteiger partial charge < -0.3 is 4.90 Å². The van der Waals surface area contributed by atoms with Crippen LogP contribution >= 0.6 is 15.9 Å². The Hall–Kier alpha value is -2.89. The zero-order valence-corrected chi connectivity index (χ0v) is 19.4. The molecule has 1 aliphatic heterocycles. The number of hydrogen-bond acceptors (Lipinski definition) is 7. The lowest BCUT2D eigenvalue weighted by molar-refractivity contribution is 0.384. The van der Waals surface area contributed by atoms with E-state index in [1.165, 1.54) is 10.6 Å². The van der Waals surface area contributed by atoms with Crippen LogP contribution in [0, 0.1) is 0 Å². The lowest BCUT2D eigenvalue weighted by Crippen LogP contribution is -2.49. The molecular formula is C21H20BrN7O2S. The summed E-state index contributed by atoms with van der Waals surface area (Å²) < 4.78 is 30.1. The monoisotopic (exact) mass is 513 g/mol. The van der Waals surface area contributed by atoms with Crippen LogP contribution in [-0.2, 0) is 16.6 Å². The minimum absolute atomic E-state index is 0.294. The highest BCUT2D eigenvalue weighted by Crippen LogP contribution is 2.25. The molecule has 2 aromatic heterocycles. The molecule has 0 bridgehead atoms. The lowest BCUT2D eigenvalue weighted by Gasteiger charge is -2.34. The molecule has 3 heterocycles. The van der Waals surface area contributed by atoms with Crippen molar-refractivity contribution >= 4 is 42.9 Å². The van der Waals surface area contributed by atoms with Gasteiger partial charge in [-0.2, -0.15) is 4.31 Å². The first kappa shape index (κ1) is 21.0. The second-order valence-electron chi connectivity index (χ2n) is 7.45. The van der Waals surface area contributed by atoms with Crippen molar-refractivity contribution in [3.8, 4) is 0 Å². The highest BCUT2D eigenvalue weighted by Gasteiger charge is 2.30. The largest absolute Gasteiger partial charge is 0.352 e. The predicted octanol–water partition coefficient (Wildman–Crippen LogP) is 2.54. The van der Waals surface area contributed by atoms with E-state index in [2.05, 4.69) is 36.2 Å². The van der Waals surface area contributed by atoms with Gasteiger partial charge in [0.2, 0.25) is 10.0 Å². The normalized spacial score (nSPS) is 15.3. The van der Waals surface area contributed by atoms with Gasteiger partial charge in [-0.05, 0) is 29.8 Å². The number of fused-ring (bicyclic) bond motifs is 1. The van der Waals surface area contributed by atoms with Gasteiger partial charge in [-0.15, -0.1) is 5.10 Å². The Morgan fingerprint density at radius 3 is 2.34 bits per heavy atom. The average molecular weight is 514 g/mol. The topological polar surface area (TPSA) is 97.1 Å². The summed E-state index contributed by atoms with van der Waals surface area (Å²) in [7, 11) is -3.54. The lowest BCUT2D eigenvalue weighted by atomic mass is 10.2. The van der Waals surface area contributed by atoms with Crippen LogP contribution in [0.2, 0.25) is 0 Å². The van der Waals surface area contributed by atoms with Crippen molar-refractivity contribution in [1.82, 2.24) is 29.3 Å². The maximum atomic E-state index is 13.0. The first-order chi connectivity index (χ1) is 15.5. The van der Waals surface area contributed by atoms with Crippen LogP contribution in [0.5, 0.6) is 0 Å². The van der Waals surface area contributed by atoms with E-state index in [0.29, 0.717) is 54.6 Å². The first-order valence-corrected chi connectivity index (χ1v) is 12.3. The molecular weight excluding hydrogens is 494 g/mol. The molecule has 0 aliphatic carbocycles. The molecule has 1 fully saturated rings. The highest BCUT2D eigenvalue weighted by molar-refractivity contribution is 9.10. The van der Waals surface area contributed by atoms with Crippen molar-refractivity contribution in [1.29, 1.82) is 0 Å². The number of aromatic nitrogens is 5. The number of nitrogens with zero attached hydrogens (tertiary/aromatic N) is 7. The fourth-order valence-electron chi connectivity index (χ4n) is 3.77. The van der Waals surface area contributed by atoms with Gasteiger partial charge in [0.1, 0.15) is 6.33 Å². The Kier molecular flexibility index (Phi) is 5.62. The van der Waals surface area contributed by atoms with Crippen molar-refractivity contribution in [2.24, 2.45) is 0 Å².